The number of carbonyl (C=O) groups excluding carboxylic acids is 1. The Labute approximate surface area is 116 Å². The summed E-state index contributed by atoms with van der Waals surface area (Å²) in [4.78, 5) is 26.6. The molecular weight excluding hydrogens is 268 g/mol. The van der Waals surface area contributed by atoms with Crippen LogP contribution in [0.1, 0.15) is 26.2 Å². The fourth-order valence-electron chi connectivity index (χ4n) is 2.47. The standard InChI is InChI=1S/C12H20N2O4S/c1-12(18)3-2-5-13(6-4-12)11(17)14-8-19-7-9(14)10(15)16/h9,18H,2-8H2,1H3,(H,15,16). The van der Waals surface area contributed by atoms with Crippen molar-refractivity contribution in [1.82, 2.24) is 9.80 Å². The molecule has 0 radical (unpaired) electrons. The van der Waals surface area contributed by atoms with Crippen LogP contribution in [0, 0.1) is 0 Å². The summed E-state index contributed by atoms with van der Waals surface area (Å²) in [6.07, 6.45) is 1.96. The first-order valence-electron chi connectivity index (χ1n) is 6.49. The predicted octanol–water partition coefficient (Wildman–Crippen LogP) is 0.803. The lowest BCUT2D eigenvalue weighted by atomic mass is 9.98. The number of rotatable bonds is 1. The molecule has 0 bridgehead atoms. The molecule has 0 aromatic rings. The summed E-state index contributed by atoms with van der Waals surface area (Å²) in [7, 11) is 0. The number of carboxylic acid groups (broad SMARTS) is 1. The van der Waals surface area contributed by atoms with E-state index in [0.717, 1.165) is 6.42 Å². The number of hydrogen-bond acceptors (Lipinski definition) is 4. The van der Waals surface area contributed by atoms with Crippen molar-refractivity contribution in [2.75, 3.05) is 24.7 Å². The average Bonchev–Trinajstić information content (AvgIpc) is 2.74. The molecule has 2 fully saturated rings. The van der Waals surface area contributed by atoms with E-state index in [9.17, 15) is 14.7 Å². The smallest absolute Gasteiger partial charge is 0.327 e. The number of aliphatic carboxylic acids is 1. The molecule has 0 saturated carbocycles. The molecule has 0 aromatic heterocycles. The summed E-state index contributed by atoms with van der Waals surface area (Å²) in [6, 6.07) is -0.934. The Bertz CT molecular complexity index is 375. The molecule has 0 aromatic carbocycles. The van der Waals surface area contributed by atoms with Crippen LogP contribution in [0.2, 0.25) is 0 Å². The van der Waals surface area contributed by atoms with Crippen LogP contribution in [0.3, 0.4) is 0 Å². The van der Waals surface area contributed by atoms with Gasteiger partial charge in [0.1, 0.15) is 6.04 Å². The topological polar surface area (TPSA) is 81.1 Å². The van der Waals surface area contributed by atoms with Crippen molar-refractivity contribution in [3.05, 3.63) is 0 Å². The number of urea groups is 1. The van der Waals surface area contributed by atoms with E-state index in [1.807, 2.05) is 0 Å². The fourth-order valence-corrected chi connectivity index (χ4v) is 3.61. The van der Waals surface area contributed by atoms with Crippen molar-refractivity contribution in [1.29, 1.82) is 0 Å². The Morgan fingerprint density at radius 3 is 2.74 bits per heavy atom. The molecule has 2 unspecified atom stereocenters. The number of amides is 2. The summed E-state index contributed by atoms with van der Waals surface area (Å²) in [5, 5.41) is 19.1. The number of nitrogens with zero attached hydrogens (tertiary/aromatic N) is 2. The van der Waals surface area contributed by atoms with Crippen LogP contribution in [-0.2, 0) is 4.79 Å². The molecule has 2 aliphatic heterocycles. The van der Waals surface area contributed by atoms with Gasteiger partial charge in [0.25, 0.3) is 0 Å². The molecule has 2 N–H and O–H groups in total. The molecule has 7 heteroatoms. The van der Waals surface area contributed by atoms with Crippen LogP contribution in [0.5, 0.6) is 0 Å². The summed E-state index contributed by atoms with van der Waals surface area (Å²) in [6.45, 7) is 2.86. The van der Waals surface area contributed by atoms with Gasteiger partial charge in [0, 0.05) is 18.8 Å². The molecule has 2 aliphatic rings. The number of hydrogen-bond donors (Lipinski definition) is 2. The molecule has 2 amide bonds. The molecule has 19 heavy (non-hydrogen) atoms. The predicted molar refractivity (Wildman–Crippen MR) is 72.0 cm³/mol. The van der Waals surface area contributed by atoms with Crippen molar-refractivity contribution in [3.8, 4) is 0 Å². The maximum atomic E-state index is 12.4. The summed E-state index contributed by atoms with van der Waals surface area (Å²) in [5.74, 6) is -0.0600. The summed E-state index contributed by atoms with van der Waals surface area (Å²) < 4.78 is 0. The van der Waals surface area contributed by atoms with Gasteiger partial charge in [-0.3, -0.25) is 0 Å². The third-order valence-corrected chi connectivity index (χ3v) is 4.76. The van der Waals surface area contributed by atoms with Gasteiger partial charge in [-0.05, 0) is 26.2 Å². The molecule has 108 valence electrons. The number of likely N-dealkylation sites (tertiary alicyclic amines) is 1. The summed E-state index contributed by atoms with van der Waals surface area (Å²) in [5.41, 5.74) is -0.721. The minimum absolute atomic E-state index is 0.213. The highest BCUT2D eigenvalue weighted by Crippen LogP contribution is 2.26. The average molecular weight is 288 g/mol. The minimum Gasteiger partial charge on any atom is -0.480 e. The zero-order valence-corrected chi connectivity index (χ0v) is 11.9. The third-order valence-electron chi connectivity index (χ3n) is 3.75. The molecule has 2 saturated heterocycles. The highest BCUT2D eigenvalue weighted by atomic mass is 32.2. The summed E-state index contributed by atoms with van der Waals surface area (Å²) >= 11 is 1.46. The lowest BCUT2D eigenvalue weighted by Gasteiger charge is -2.29. The van der Waals surface area contributed by atoms with E-state index in [4.69, 9.17) is 5.11 Å². The second kappa shape index (κ2) is 5.58. The van der Waals surface area contributed by atoms with Gasteiger partial charge in [-0.1, -0.05) is 0 Å². The van der Waals surface area contributed by atoms with Crippen molar-refractivity contribution in [2.45, 2.75) is 37.8 Å². The first kappa shape index (κ1) is 14.5. The molecular formula is C12H20N2O4S. The zero-order valence-electron chi connectivity index (χ0n) is 11.0. The number of thioether (sulfide) groups is 1. The Kier molecular flexibility index (Phi) is 4.25. The van der Waals surface area contributed by atoms with Crippen molar-refractivity contribution in [3.63, 3.8) is 0 Å². The fraction of sp³-hybridized carbons (Fsp3) is 0.833. The van der Waals surface area contributed by atoms with Gasteiger partial charge in [-0.25, -0.2) is 9.59 Å². The quantitative estimate of drug-likeness (QED) is 0.746. The zero-order chi connectivity index (χ0) is 14.0. The molecule has 6 nitrogen and oxygen atoms in total. The van der Waals surface area contributed by atoms with E-state index in [-0.39, 0.29) is 6.03 Å². The molecule has 2 heterocycles. The number of aliphatic hydroxyl groups is 1. The lowest BCUT2D eigenvalue weighted by Crippen LogP contribution is -2.49. The van der Waals surface area contributed by atoms with Crippen LogP contribution in [0.25, 0.3) is 0 Å². The Morgan fingerprint density at radius 1 is 1.32 bits per heavy atom. The SMILES string of the molecule is CC1(O)CCCN(C(=O)N2CSCC2C(=O)O)CC1. The molecule has 2 atom stereocenters. The van der Waals surface area contributed by atoms with Crippen LogP contribution in [-0.4, -0.2) is 68.4 Å². The largest absolute Gasteiger partial charge is 0.480 e. The first-order valence-corrected chi connectivity index (χ1v) is 7.65. The van der Waals surface area contributed by atoms with E-state index in [1.165, 1.54) is 16.7 Å². The first-order chi connectivity index (χ1) is 8.91. The maximum Gasteiger partial charge on any atom is 0.327 e. The Hall–Kier alpha value is -0.950. The van der Waals surface area contributed by atoms with E-state index in [1.54, 1.807) is 11.8 Å². The van der Waals surface area contributed by atoms with Crippen LogP contribution in [0.15, 0.2) is 0 Å². The Balaban J connectivity index is 2.01. The molecule has 0 aliphatic carbocycles. The Morgan fingerprint density at radius 2 is 2.05 bits per heavy atom. The van der Waals surface area contributed by atoms with E-state index >= 15 is 0 Å². The van der Waals surface area contributed by atoms with Crippen LogP contribution in [0.4, 0.5) is 4.79 Å². The van der Waals surface area contributed by atoms with Gasteiger partial charge in [-0.15, -0.1) is 11.8 Å². The van der Waals surface area contributed by atoms with Crippen molar-refractivity contribution >= 4 is 23.8 Å². The molecule has 2 rings (SSSR count). The van der Waals surface area contributed by atoms with E-state index < -0.39 is 17.6 Å². The van der Waals surface area contributed by atoms with Crippen LogP contribution < -0.4 is 0 Å². The van der Waals surface area contributed by atoms with Crippen molar-refractivity contribution in [2.24, 2.45) is 0 Å². The van der Waals surface area contributed by atoms with E-state index in [0.29, 0.717) is 37.6 Å². The highest BCUT2D eigenvalue weighted by molar-refractivity contribution is 7.99. The van der Waals surface area contributed by atoms with Gasteiger partial charge in [0.05, 0.1) is 11.5 Å². The number of carbonyl (C=O) groups is 2. The van der Waals surface area contributed by atoms with Gasteiger partial charge >= 0.3 is 12.0 Å². The van der Waals surface area contributed by atoms with Gasteiger partial charge in [0.15, 0.2) is 0 Å². The number of carboxylic acids is 1. The van der Waals surface area contributed by atoms with Crippen molar-refractivity contribution < 1.29 is 19.8 Å². The second-order valence-electron chi connectivity index (χ2n) is 5.44. The monoisotopic (exact) mass is 288 g/mol. The second-order valence-corrected chi connectivity index (χ2v) is 6.44. The lowest BCUT2D eigenvalue weighted by molar-refractivity contribution is -0.140. The van der Waals surface area contributed by atoms with Gasteiger partial charge < -0.3 is 20.0 Å². The highest BCUT2D eigenvalue weighted by Gasteiger charge is 2.37. The van der Waals surface area contributed by atoms with Gasteiger partial charge in [-0.2, -0.15) is 0 Å². The third kappa shape index (κ3) is 3.33. The normalized spacial score (nSPS) is 32.2. The molecule has 0 spiro atoms. The van der Waals surface area contributed by atoms with E-state index in [2.05, 4.69) is 0 Å². The maximum absolute atomic E-state index is 12.4. The van der Waals surface area contributed by atoms with Crippen LogP contribution >= 0.6 is 11.8 Å². The van der Waals surface area contributed by atoms with Gasteiger partial charge in [0.2, 0.25) is 0 Å². The minimum atomic E-state index is -0.944.